The molecule has 0 aliphatic rings. The fraction of sp³-hybridized carbons (Fsp3) is 0.125. The highest BCUT2D eigenvalue weighted by Gasteiger charge is 2.15. The Balaban J connectivity index is 1.98. The van der Waals surface area contributed by atoms with E-state index in [2.05, 4.69) is 9.71 Å². The van der Waals surface area contributed by atoms with Gasteiger partial charge in [-0.25, -0.2) is 8.42 Å². The highest BCUT2D eigenvalue weighted by molar-refractivity contribution is 7.92. The van der Waals surface area contributed by atoms with Crippen LogP contribution in [0.5, 0.6) is 0 Å². The van der Waals surface area contributed by atoms with Gasteiger partial charge in [-0.3, -0.25) is 4.72 Å². The standard InChI is InChI=1S/C16H16N2O2S/c1-11-7-12(2)9-15(8-11)21(19,20)18-14-3-4-16-13(10-14)5-6-17-16/h3-10,17-18H,1-2H3. The topological polar surface area (TPSA) is 62.0 Å². The second-order valence-corrected chi connectivity index (χ2v) is 6.89. The van der Waals surface area contributed by atoms with Crippen LogP contribution in [0, 0.1) is 13.8 Å². The molecule has 0 aliphatic carbocycles. The zero-order valence-corrected chi connectivity index (χ0v) is 12.7. The second-order valence-electron chi connectivity index (χ2n) is 5.21. The van der Waals surface area contributed by atoms with Crippen molar-refractivity contribution in [3.05, 3.63) is 59.8 Å². The lowest BCUT2D eigenvalue weighted by Gasteiger charge is -2.10. The summed E-state index contributed by atoms with van der Waals surface area (Å²) in [5.41, 5.74) is 3.39. The Labute approximate surface area is 123 Å². The van der Waals surface area contributed by atoms with E-state index in [0.717, 1.165) is 22.0 Å². The number of fused-ring (bicyclic) bond motifs is 1. The van der Waals surface area contributed by atoms with Gasteiger partial charge in [0.15, 0.2) is 0 Å². The Hall–Kier alpha value is -2.27. The molecule has 0 saturated heterocycles. The number of nitrogens with one attached hydrogen (secondary N) is 2. The third kappa shape index (κ3) is 2.78. The van der Waals surface area contributed by atoms with Crippen molar-refractivity contribution in [1.82, 2.24) is 4.98 Å². The largest absolute Gasteiger partial charge is 0.361 e. The Morgan fingerprint density at radius 2 is 1.67 bits per heavy atom. The van der Waals surface area contributed by atoms with Gasteiger partial charge in [0, 0.05) is 22.8 Å². The van der Waals surface area contributed by atoms with Crippen LogP contribution in [0.1, 0.15) is 11.1 Å². The number of anilines is 1. The number of rotatable bonds is 3. The van der Waals surface area contributed by atoms with E-state index in [1.54, 1.807) is 18.2 Å². The number of aromatic nitrogens is 1. The Bertz CT molecular complexity index is 891. The molecule has 0 bridgehead atoms. The van der Waals surface area contributed by atoms with Crippen molar-refractivity contribution >= 4 is 26.6 Å². The molecule has 21 heavy (non-hydrogen) atoms. The van der Waals surface area contributed by atoms with Crippen molar-refractivity contribution in [3.8, 4) is 0 Å². The minimum Gasteiger partial charge on any atom is -0.361 e. The summed E-state index contributed by atoms with van der Waals surface area (Å²) >= 11 is 0. The van der Waals surface area contributed by atoms with Crippen LogP contribution in [0.15, 0.2) is 53.6 Å². The Kier molecular flexibility index (Phi) is 3.22. The van der Waals surface area contributed by atoms with E-state index in [9.17, 15) is 8.42 Å². The molecule has 1 aromatic heterocycles. The van der Waals surface area contributed by atoms with Crippen molar-refractivity contribution in [3.63, 3.8) is 0 Å². The number of H-pyrrole nitrogens is 1. The van der Waals surface area contributed by atoms with E-state index >= 15 is 0 Å². The number of sulfonamides is 1. The molecule has 4 nitrogen and oxygen atoms in total. The summed E-state index contributed by atoms with van der Waals surface area (Å²) in [4.78, 5) is 3.37. The number of aromatic amines is 1. The Morgan fingerprint density at radius 1 is 0.952 bits per heavy atom. The monoisotopic (exact) mass is 300 g/mol. The summed E-state index contributed by atoms with van der Waals surface area (Å²) in [5.74, 6) is 0. The normalized spacial score (nSPS) is 11.7. The molecule has 0 aliphatic heterocycles. The van der Waals surface area contributed by atoms with E-state index in [4.69, 9.17) is 0 Å². The smallest absolute Gasteiger partial charge is 0.261 e. The van der Waals surface area contributed by atoms with Crippen LogP contribution < -0.4 is 4.72 Å². The first kappa shape index (κ1) is 13.7. The fourth-order valence-corrected chi connectivity index (χ4v) is 3.66. The molecule has 3 aromatic rings. The lowest BCUT2D eigenvalue weighted by atomic mass is 10.2. The van der Waals surface area contributed by atoms with E-state index in [1.807, 2.05) is 44.3 Å². The third-order valence-electron chi connectivity index (χ3n) is 3.31. The predicted molar refractivity (Wildman–Crippen MR) is 85.0 cm³/mol. The first-order valence-electron chi connectivity index (χ1n) is 6.62. The van der Waals surface area contributed by atoms with E-state index in [1.165, 1.54) is 0 Å². The van der Waals surface area contributed by atoms with Crippen molar-refractivity contribution in [2.45, 2.75) is 18.7 Å². The number of aryl methyl sites for hydroxylation is 2. The molecule has 0 atom stereocenters. The van der Waals surface area contributed by atoms with Crippen LogP contribution in [0.4, 0.5) is 5.69 Å². The maximum absolute atomic E-state index is 12.5. The average Bonchev–Trinajstić information content (AvgIpc) is 2.84. The summed E-state index contributed by atoms with van der Waals surface area (Å²) in [6.45, 7) is 3.77. The number of benzene rings is 2. The average molecular weight is 300 g/mol. The molecule has 108 valence electrons. The Morgan fingerprint density at radius 3 is 2.38 bits per heavy atom. The predicted octanol–water partition coefficient (Wildman–Crippen LogP) is 3.59. The summed E-state index contributed by atoms with van der Waals surface area (Å²) in [5, 5.41) is 0.968. The van der Waals surface area contributed by atoms with Gasteiger partial charge in [0.05, 0.1) is 4.90 Å². The first-order chi connectivity index (χ1) is 9.94. The molecule has 1 heterocycles. The first-order valence-corrected chi connectivity index (χ1v) is 8.11. The molecule has 0 radical (unpaired) electrons. The van der Waals surface area contributed by atoms with Crippen LogP contribution in [-0.4, -0.2) is 13.4 Å². The quantitative estimate of drug-likeness (QED) is 0.776. The zero-order chi connectivity index (χ0) is 15.0. The van der Waals surface area contributed by atoms with Gasteiger partial charge >= 0.3 is 0 Å². The molecule has 2 N–H and O–H groups in total. The summed E-state index contributed by atoms with van der Waals surface area (Å²) in [6.07, 6.45) is 1.83. The summed E-state index contributed by atoms with van der Waals surface area (Å²) in [6, 6.07) is 12.6. The lowest BCUT2D eigenvalue weighted by Crippen LogP contribution is -2.13. The zero-order valence-electron chi connectivity index (χ0n) is 11.8. The number of hydrogen-bond acceptors (Lipinski definition) is 2. The SMILES string of the molecule is Cc1cc(C)cc(S(=O)(=O)Nc2ccc3[nH]ccc3c2)c1. The molecule has 0 unspecified atom stereocenters. The second kappa shape index (κ2) is 4.93. The van der Waals surface area contributed by atoms with Gasteiger partial charge in [-0.1, -0.05) is 6.07 Å². The summed E-state index contributed by atoms with van der Waals surface area (Å²) in [7, 11) is -3.57. The van der Waals surface area contributed by atoms with Gasteiger partial charge in [0.2, 0.25) is 0 Å². The highest BCUT2D eigenvalue weighted by atomic mass is 32.2. The van der Waals surface area contributed by atoms with Crippen LogP contribution in [0.25, 0.3) is 10.9 Å². The van der Waals surface area contributed by atoms with Gasteiger partial charge in [0.25, 0.3) is 10.0 Å². The third-order valence-corrected chi connectivity index (χ3v) is 4.67. The van der Waals surface area contributed by atoms with Crippen LogP contribution in [0.3, 0.4) is 0 Å². The van der Waals surface area contributed by atoms with Crippen molar-refractivity contribution in [2.75, 3.05) is 4.72 Å². The maximum atomic E-state index is 12.5. The molecule has 0 fully saturated rings. The summed E-state index contributed by atoms with van der Waals surface area (Å²) < 4.78 is 27.6. The number of hydrogen-bond donors (Lipinski definition) is 2. The molecular weight excluding hydrogens is 284 g/mol. The van der Waals surface area contributed by atoms with Crippen molar-refractivity contribution in [2.24, 2.45) is 0 Å². The highest BCUT2D eigenvalue weighted by Crippen LogP contribution is 2.22. The van der Waals surface area contributed by atoms with E-state index in [0.29, 0.717) is 5.69 Å². The fourth-order valence-electron chi connectivity index (χ4n) is 2.42. The minimum atomic E-state index is -3.57. The van der Waals surface area contributed by atoms with Crippen LogP contribution in [0.2, 0.25) is 0 Å². The molecule has 0 spiro atoms. The van der Waals surface area contributed by atoms with Gasteiger partial charge < -0.3 is 4.98 Å². The van der Waals surface area contributed by atoms with Crippen LogP contribution in [-0.2, 0) is 10.0 Å². The van der Waals surface area contributed by atoms with E-state index in [-0.39, 0.29) is 4.90 Å². The van der Waals surface area contributed by atoms with Crippen LogP contribution >= 0.6 is 0 Å². The minimum absolute atomic E-state index is 0.286. The molecule has 0 amide bonds. The lowest BCUT2D eigenvalue weighted by molar-refractivity contribution is 0.601. The van der Waals surface area contributed by atoms with Gasteiger partial charge in [-0.05, 0) is 61.4 Å². The molecule has 3 rings (SSSR count). The molecule has 5 heteroatoms. The van der Waals surface area contributed by atoms with Gasteiger partial charge in [-0.15, -0.1) is 0 Å². The van der Waals surface area contributed by atoms with Gasteiger partial charge in [-0.2, -0.15) is 0 Å². The molecule has 0 saturated carbocycles. The van der Waals surface area contributed by atoms with Crippen molar-refractivity contribution in [1.29, 1.82) is 0 Å². The van der Waals surface area contributed by atoms with Gasteiger partial charge in [0.1, 0.15) is 0 Å². The van der Waals surface area contributed by atoms with Crippen molar-refractivity contribution < 1.29 is 8.42 Å². The maximum Gasteiger partial charge on any atom is 0.261 e. The molecular formula is C16H16N2O2S. The van der Waals surface area contributed by atoms with E-state index < -0.39 is 10.0 Å². The molecule has 2 aromatic carbocycles.